The fourth-order valence-electron chi connectivity index (χ4n) is 3.03. The van der Waals surface area contributed by atoms with Gasteiger partial charge in [-0.05, 0) is 38.5 Å². The third kappa shape index (κ3) is 2.67. The highest BCUT2D eigenvalue weighted by molar-refractivity contribution is 6.30. The van der Waals surface area contributed by atoms with Crippen molar-refractivity contribution >= 4 is 23.5 Å². The number of hydrogen-bond acceptors (Lipinski definition) is 5. The number of fused-ring (bicyclic) bond motifs is 1. The molecule has 1 aliphatic rings. The van der Waals surface area contributed by atoms with E-state index < -0.39 is 0 Å². The van der Waals surface area contributed by atoms with Crippen molar-refractivity contribution in [2.75, 3.05) is 18.1 Å². The molecule has 0 amide bonds. The van der Waals surface area contributed by atoms with Gasteiger partial charge in [-0.25, -0.2) is 9.48 Å². The first-order chi connectivity index (χ1) is 11.6. The molecule has 0 bridgehead atoms. The highest BCUT2D eigenvalue weighted by Crippen LogP contribution is 2.38. The summed E-state index contributed by atoms with van der Waals surface area (Å²) in [5, 5.41) is 4.99. The Morgan fingerprint density at radius 2 is 2.00 bits per heavy atom. The van der Waals surface area contributed by atoms with E-state index in [4.69, 9.17) is 16.3 Å². The Morgan fingerprint density at radius 1 is 1.29 bits per heavy atom. The molecule has 2 aromatic rings. The van der Waals surface area contributed by atoms with E-state index in [1.807, 2.05) is 30.9 Å². The van der Waals surface area contributed by atoms with Crippen molar-refractivity contribution in [3.05, 3.63) is 52.4 Å². The average Bonchev–Trinajstić information content (AvgIpc) is 3.04. The molecule has 0 spiro atoms. The maximum Gasteiger partial charge on any atom is 0.338 e. The lowest BCUT2D eigenvalue weighted by Crippen LogP contribution is -2.36. The summed E-state index contributed by atoms with van der Waals surface area (Å²) < 4.78 is 7.06. The monoisotopic (exact) mass is 346 g/mol. The van der Waals surface area contributed by atoms with Gasteiger partial charge in [-0.3, -0.25) is 0 Å². The molecule has 126 valence electrons. The molecule has 0 saturated heterocycles. The van der Waals surface area contributed by atoms with Crippen molar-refractivity contribution in [2.45, 2.75) is 26.8 Å². The van der Waals surface area contributed by atoms with Gasteiger partial charge in [0.1, 0.15) is 12.4 Å². The molecule has 0 radical (unpaired) electrons. The van der Waals surface area contributed by atoms with Gasteiger partial charge in [0.2, 0.25) is 5.95 Å². The molecule has 7 heteroatoms. The van der Waals surface area contributed by atoms with Gasteiger partial charge in [-0.2, -0.15) is 10.1 Å². The number of ether oxygens (including phenoxy) is 1. The molecule has 1 atom stereocenters. The standard InChI is InChI=1S/C17H19ClN4O2/c1-4-21-11(3)14(16(23)24-5-2)15(22-17(21)19-10-20-22)12-6-8-13(18)9-7-12/h6-10,15H,4-5H2,1-3H3. The maximum absolute atomic E-state index is 12.7. The average molecular weight is 347 g/mol. The molecule has 1 unspecified atom stereocenters. The summed E-state index contributed by atoms with van der Waals surface area (Å²) in [5.41, 5.74) is 2.31. The van der Waals surface area contributed by atoms with E-state index in [1.165, 1.54) is 6.33 Å². The SMILES string of the molecule is CCOC(=O)C1=C(C)N(CC)c2ncnn2C1c1ccc(Cl)cc1. The van der Waals surface area contributed by atoms with Crippen LogP contribution >= 0.6 is 11.6 Å². The second-order valence-corrected chi connectivity index (χ2v) is 5.86. The lowest BCUT2D eigenvalue weighted by molar-refractivity contribution is -0.139. The Labute approximate surface area is 145 Å². The molecule has 0 aliphatic carbocycles. The Bertz CT molecular complexity index is 782. The second kappa shape index (κ2) is 6.65. The van der Waals surface area contributed by atoms with Gasteiger partial charge in [0.15, 0.2) is 0 Å². The second-order valence-electron chi connectivity index (χ2n) is 5.42. The van der Waals surface area contributed by atoms with Crippen LogP contribution in [-0.2, 0) is 9.53 Å². The van der Waals surface area contributed by atoms with Crippen molar-refractivity contribution < 1.29 is 9.53 Å². The van der Waals surface area contributed by atoms with E-state index >= 15 is 0 Å². The fraction of sp³-hybridized carbons (Fsp3) is 0.353. The van der Waals surface area contributed by atoms with Crippen LogP contribution < -0.4 is 4.90 Å². The molecule has 1 aromatic carbocycles. The molecular weight excluding hydrogens is 328 g/mol. The van der Waals surface area contributed by atoms with Crippen LogP contribution in [-0.4, -0.2) is 33.9 Å². The van der Waals surface area contributed by atoms with Gasteiger partial charge in [0.25, 0.3) is 0 Å². The van der Waals surface area contributed by atoms with Crippen LogP contribution in [0, 0.1) is 0 Å². The number of benzene rings is 1. The van der Waals surface area contributed by atoms with Gasteiger partial charge >= 0.3 is 5.97 Å². The van der Waals surface area contributed by atoms with Gasteiger partial charge in [0, 0.05) is 17.3 Å². The predicted molar refractivity (Wildman–Crippen MR) is 92.0 cm³/mol. The first-order valence-corrected chi connectivity index (χ1v) is 8.26. The van der Waals surface area contributed by atoms with Gasteiger partial charge in [-0.1, -0.05) is 23.7 Å². The number of carbonyl (C=O) groups excluding carboxylic acids is 1. The number of nitrogens with zero attached hydrogens (tertiary/aromatic N) is 4. The number of allylic oxidation sites excluding steroid dienone is 1. The summed E-state index contributed by atoms with van der Waals surface area (Å²) in [6.45, 7) is 6.72. The molecule has 0 N–H and O–H groups in total. The predicted octanol–water partition coefficient (Wildman–Crippen LogP) is 3.20. The maximum atomic E-state index is 12.7. The molecule has 3 rings (SSSR count). The zero-order chi connectivity index (χ0) is 17.3. The highest BCUT2D eigenvalue weighted by atomic mass is 35.5. The Kier molecular flexibility index (Phi) is 4.57. The molecule has 1 aliphatic heterocycles. The van der Waals surface area contributed by atoms with E-state index in [-0.39, 0.29) is 12.0 Å². The third-order valence-corrected chi connectivity index (χ3v) is 4.36. The number of esters is 1. The van der Waals surface area contributed by atoms with Crippen LogP contribution in [0.15, 0.2) is 41.9 Å². The van der Waals surface area contributed by atoms with Crippen LogP contribution in [0.2, 0.25) is 5.02 Å². The molecule has 6 nitrogen and oxygen atoms in total. The molecule has 2 heterocycles. The number of rotatable bonds is 4. The minimum Gasteiger partial charge on any atom is -0.463 e. The van der Waals surface area contributed by atoms with Crippen molar-refractivity contribution in [1.82, 2.24) is 14.8 Å². The minimum atomic E-state index is -0.387. The molecule has 1 aromatic heterocycles. The number of aromatic nitrogens is 3. The lowest BCUT2D eigenvalue weighted by Gasteiger charge is -2.34. The zero-order valence-corrected chi connectivity index (χ0v) is 14.6. The Hall–Kier alpha value is -2.34. The van der Waals surface area contributed by atoms with Gasteiger partial charge < -0.3 is 9.64 Å². The minimum absolute atomic E-state index is 0.319. The number of halogens is 1. The van der Waals surface area contributed by atoms with Crippen molar-refractivity contribution in [2.24, 2.45) is 0 Å². The summed E-state index contributed by atoms with van der Waals surface area (Å²) in [6, 6.07) is 7.01. The van der Waals surface area contributed by atoms with Crippen LogP contribution in [0.5, 0.6) is 0 Å². The number of hydrogen-bond donors (Lipinski definition) is 0. The van der Waals surface area contributed by atoms with Gasteiger partial charge in [0.05, 0.1) is 12.2 Å². The first kappa shape index (κ1) is 16.5. The molecule has 24 heavy (non-hydrogen) atoms. The van der Waals surface area contributed by atoms with Crippen LogP contribution in [0.25, 0.3) is 0 Å². The fourth-order valence-corrected chi connectivity index (χ4v) is 3.16. The topological polar surface area (TPSA) is 60.2 Å². The molecule has 0 saturated carbocycles. The Morgan fingerprint density at radius 3 is 2.62 bits per heavy atom. The van der Waals surface area contributed by atoms with Crippen LogP contribution in [0.1, 0.15) is 32.4 Å². The number of anilines is 1. The third-order valence-electron chi connectivity index (χ3n) is 4.11. The van der Waals surface area contributed by atoms with Crippen LogP contribution in [0.4, 0.5) is 5.95 Å². The summed E-state index contributed by atoms with van der Waals surface area (Å²) in [6.07, 6.45) is 1.50. The summed E-state index contributed by atoms with van der Waals surface area (Å²) >= 11 is 6.01. The van der Waals surface area contributed by atoms with Crippen molar-refractivity contribution in [3.63, 3.8) is 0 Å². The van der Waals surface area contributed by atoms with Crippen molar-refractivity contribution in [1.29, 1.82) is 0 Å². The summed E-state index contributed by atoms with van der Waals surface area (Å²) in [4.78, 5) is 19.0. The van der Waals surface area contributed by atoms with E-state index in [0.717, 1.165) is 11.3 Å². The van der Waals surface area contributed by atoms with Gasteiger partial charge in [-0.15, -0.1) is 0 Å². The van der Waals surface area contributed by atoms with Crippen LogP contribution in [0.3, 0.4) is 0 Å². The summed E-state index contributed by atoms with van der Waals surface area (Å²) in [5.74, 6) is 0.373. The molecular formula is C17H19ClN4O2. The largest absolute Gasteiger partial charge is 0.463 e. The van der Waals surface area contributed by atoms with E-state index in [9.17, 15) is 4.79 Å². The number of carbonyl (C=O) groups is 1. The highest BCUT2D eigenvalue weighted by Gasteiger charge is 2.37. The van der Waals surface area contributed by atoms with E-state index in [0.29, 0.717) is 29.7 Å². The van der Waals surface area contributed by atoms with Crippen molar-refractivity contribution in [3.8, 4) is 0 Å². The zero-order valence-electron chi connectivity index (χ0n) is 13.9. The van der Waals surface area contributed by atoms with E-state index in [1.54, 1.807) is 23.7 Å². The first-order valence-electron chi connectivity index (χ1n) is 7.88. The lowest BCUT2D eigenvalue weighted by atomic mass is 9.95. The Balaban J connectivity index is 2.19. The smallest absolute Gasteiger partial charge is 0.338 e. The quantitative estimate of drug-likeness (QED) is 0.796. The summed E-state index contributed by atoms with van der Waals surface area (Å²) in [7, 11) is 0. The van der Waals surface area contributed by atoms with E-state index in [2.05, 4.69) is 10.1 Å². The molecule has 0 fully saturated rings. The normalized spacial score (nSPS) is 17.0.